The molecule has 19 heavy (non-hydrogen) atoms. The fourth-order valence-corrected chi connectivity index (χ4v) is 2.80. The number of aryl methyl sites for hydroxylation is 1. The molecule has 0 aliphatic rings. The summed E-state index contributed by atoms with van der Waals surface area (Å²) in [6.07, 6.45) is 0.864. The molecule has 1 heterocycles. The summed E-state index contributed by atoms with van der Waals surface area (Å²) in [5.74, 6) is 0. The highest BCUT2D eigenvalue weighted by molar-refractivity contribution is 7.09. The van der Waals surface area contributed by atoms with E-state index < -0.39 is 0 Å². The SMILES string of the molecule is Cc1ccc(NC(C)Cc2cccs2)c([N+](=O)[O-])c1. The van der Waals surface area contributed by atoms with Crippen molar-refractivity contribution in [2.45, 2.75) is 26.3 Å². The lowest BCUT2D eigenvalue weighted by atomic mass is 10.1. The summed E-state index contributed by atoms with van der Waals surface area (Å²) < 4.78 is 0. The minimum absolute atomic E-state index is 0.137. The van der Waals surface area contributed by atoms with Crippen LogP contribution in [0.4, 0.5) is 11.4 Å². The number of nitrogens with zero attached hydrogens (tertiary/aromatic N) is 1. The molecular formula is C14H16N2O2S. The largest absolute Gasteiger partial charge is 0.377 e. The van der Waals surface area contributed by atoms with Crippen molar-refractivity contribution >= 4 is 22.7 Å². The first kappa shape index (κ1) is 13.5. The highest BCUT2D eigenvalue weighted by atomic mass is 32.1. The Labute approximate surface area is 116 Å². The number of rotatable bonds is 5. The van der Waals surface area contributed by atoms with Gasteiger partial charge in [0.2, 0.25) is 0 Å². The van der Waals surface area contributed by atoms with Gasteiger partial charge >= 0.3 is 0 Å². The van der Waals surface area contributed by atoms with E-state index in [9.17, 15) is 10.1 Å². The van der Waals surface area contributed by atoms with E-state index in [2.05, 4.69) is 11.4 Å². The van der Waals surface area contributed by atoms with Crippen molar-refractivity contribution in [3.05, 3.63) is 56.3 Å². The first-order valence-electron chi connectivity index (χ1n) is 6.10. The van der Waals surface area contributed by atoms with Crippen LogP contribution in [0.25, 0.3) is 0 Å². The van der Waals surface area contributed by atoms with E-state index in [0.29, 0.717) is 5.69 Å². The number of thiophene rings is 1. The predicted molar refractivity (Wildman–Crippen MR) is 78.9 cm³/mol. The number of anilines is 1. The molecule has 2 aromatic rings. The van der Waals surface area contributed by atoms with Crippen LogP contribution in [0, 0.1) is 17.0 Å². The molecule has 0 amide bonds. The number of nitrogens with one attached hydrogen (secondary N) is 1. The molecule has 1 unspecified atom stereocenters. The van der Waals surface area contributed by atoms with Crippen molar-refractivity contribution in [2.24, 2.45) is 0 Å². The summed E-state index contributed by atoms with van der Waals surface area (Å²) in [7, 11) is 0. The number of nitro groups is 1. The van der Waals surface area contributed by atoms with Crippen molar-refractivity contribution in [3.8, 4) is 0 Å². The lowest BCUT2D eigenvalue weighted by molar-refractivity contribution is -0.384. The maximum Gasteiger partial charge on any atom is 0.292 e. The van der Waals surface area contributed by atoms with Crippen LogP contribution in [0.3, 0.4) is 0 Å². The lowest BCUT2D eigenvalue weighted by Crippen LogP contribution is -2.18. The van der Waals surface area contributed by atoms with Crippen molar-refractivity contribution in [1.82, 2.24) is 0 Å². The van der Waals surface area contributed by atoms with E-state index in [1.807, 2.05) is 31.4 Å². The first-order valence-corrected chi connectivity index (χ1v) is 6.98. The summed E-state index contributed by atoms with van der Waals surface area (Å²) in [4.78, 5) is 12.0. The van der Waals surface area contributed by atoms with Crippen LogP contribution >= 0.6 is 11.3 Å². The number of hydrogen-bond acceptors (Lipinski definition) is 4. The van der Waals surface area contributed by atoms with Gasteiger partial charge in [0, 0.05) is 23.4 Å². The van der Waals surface area contributed by atoms with E-state index in [1.54, 1.807) is 23.5 Å². The van der Waals surface area contributed by atoms with E-state index in [4.69, 9.17) is 0 Å². The molecule has 0 aliphatic heterocycles. The van der Waals surface area contributed by atoms with Crippen molar-refractivity contribution in [2.75, 3.05) is 5.32 Å². The Kier molecular flexibility index (Phi) is 4.16. The van der Waals surface area contributed by atoms with Gasteiger partial charge in [0.25, 0.3) is 5.69 Å². The Morgan fingerprint density at radius 1 is 1.42 bits per heavy atom. The summed E-state index contributed by atoms with van der Waals surface area (Å²) in [6.45, 7) is 3.88. The van der Waals surface area contributed by atoms with Crippen molar-refractivity contribution in [3.63, 3.8) is 0 Å². The molecule has 0 spiro atoms. The third kappa shape index (κ3) is 3.54. The van der Waals surface area contributed by atoms with E-state index in [1.165, 1.54) is 4.88 Å². The molecule has 5 heteroatoms. The van der Waals surface area contributed by atoms with Crippen LogP contribution in [0.15, 0.2) is 35.7 Å². The molecule has 1 aromatic heterocycles. The Morgan fingerprint density at radius 2 is 2.21 bits per heavy atom. The fourth-order valence-electron chi connectivity index (χ4n) is 1.96. The minimum atomic E-state index is -0.340. The van der Waals surface area contributed by atoms with Gasteiger partial charge in [0.05, 0.1) is 4.92 Å². The summed E-state index contributed by atoms with van der Waals surface area (Å²) >= 11 is 1.70. The van der Waals surface area contributed by atoms with Crippen LogP contribution < -0.4 is 5.32 Å². The average molecular weight is 276 g/mol. The summed E-state index contributed by atoms with van der Waals surface area (Å²) in [5.41, 5.74) is 1.61. The fraction of sp³-hybridized carbons (Fsp3) is 0.286. The van der Waals surface area contributed by atoms with Gasteiger partial charge in [-0.15, -0.1) is 11.3 Å². The van der Waals surface area contributed by atoms with Crippen LogP contribution in [0.1, 0.15) is 17.4 Å². The molecule has 4 nitrogen and oxygen atoms in total. The molecule has 2 rings (SSSR count). The van der Waals surface area contributed by atoms with Crippen LogP contribution in [-0.4, -0.2) is 11.0 Å². The third-order valence-corrected chi connectivity index (χ3v) is 3.74. The second kappa shape index (κ2) is 5.84. The Hall–Kier alpha value is -1.88. The normalized spacial score (nSPS) is 12.1. The summed E-state index contributed by atoms with van der Waals surface area (Å²) in [5, 5.41) is 16.3. The molecule has 0 saturated heterocycles. The van der Waals surface area contributed by atoms with Gasteiger partial charge in [-0.2, -0.15) is 0 Å². The Balaban J connectivity index is 2.12. The van der Waals surface area contributed by atoms with Gasteiger partial charge in [-0.1, -0.05) is 12.1 Å². The molecule has 0 bridgehead atoms. The zero-order valence-corrected chi connectivity index (χ0v) is 11.7. The molecule has 1 atom stereocenters. The molecule has 0 radical (unpaired) electrons. The molecule has 1 aromatic carbocycles. The zero-order valence-electron chi connectivity index (χ0n) is 10.9. The maximum absolute atomic E-state index is 11.0. The number of benzene rings is 1. The molecule has 0 fully saturated rings. The van der Waals surface area contributed by atoms with E-state index in [-0.39, 0.29) is 16.7 Å². The van der Waals surface area contributed by atoms with Crippen molar-refractivity contribution in [1.29, 1.82) is 0 Å². The monoisotopic (exact) mass is 276 g/mol. The van der Waals surface area contributed by atoms with Gasteiger partial charge in [-0.25, -0.2) is 0 Å². The maximum atomic E-state index is 11.0. The van der Waals surface area contributed by atoms with E-state index >= 15 is 0 Å². The van der Waals surface area contributed by atoms with Gasteiger partial charge in [0.15, 0.2) is 0 Å². The van der Waals surface area contributed by atoms with Crippen LogP contribution in [0.2, 0.25) is 0 Å². The third-order valence-electron chi connectivity index (χ3n) is 2.84. The standard InChI is InChI=1S/C14H16N2O2S/c1-10-5-6-13(14(8-10)16(17)18)15-11(2)9-12-4-3-7-19-12/h3-8,11,15H,9H2,1-2H3. The second-order valence-corrected chi connectivity index (χ2v) is 5.64. The molecular weight excluding hydrogens is 260 g/mol. The zero-order chi connectivity index (χ0) is 13.8. The van der Waals surface area contributed by atoms with Gasteiger partial charge in [0.1, 0.15) is 5.69 Å². The Bertz CT molecular complexity index is 567. The summed E-state index contributed by atoms with van der Waals surface area (Å²) in [6, 6.07) is 9.50. The highest BCUT2D eigenvalue weighted by Gasteiger charge is 2.15. The molecule has 1 N–H and O–H groups in total. The second-order valence-electron chi connectivity index (χ2n) is 4.61. The smallest absolute Gasteiger partial charge is 0.292 e. The number of nitro benzene ring substituents is 1. The average Bonchev–Trinajstić information content (AvgIpc) is 2.83. The first-order chi connectivity index (χ1) is 9.06. The van der Waals surface area contributed by atoms with Crippen molar-refractivity contribution < 1.29 is 4.92 Å². The molecule has 0 saturated carbocycles. The van der Waals surface area contributed by atoms with Crippen LogP contribution in [-0.2, 0) is 6.42 Å². The number of hydrogen-bond donors (Lipinski definition) is 1. The predicted octanol–water partition coefficient (Wildman–Crippen LogP) is 4.01. The minimum Gasteiger partial charge on any atom is -0.377 e. The molecule has 100 valence electrons. The Morgan fingerprint density at radius 3 is 2.84 bits per heavy atom. The van der Waals surface area contributed by atoms with Crippen LogP contribution in [0.5, 0.6) is 0 Å². The quantitative estimate of drug-likeness (QED) is 0.663. The molecule has 0 aliphatic carbocycles. The van der Waals surface area contributed by atoms with E-state index in [0.717, 1.165) is 12.0 Å². The van der Waals surface area contributed by atoms with Gasteiger partial charge < -0.3 is 5.32 Å². The highest BCUT2D eigenvalue weighted by Crippen LogP contribution is 2.26. The van der Waals surface area contributed by atoms with Gasteiger partial charge in [-0.05, 0) is 36.9 Å². The van der Waals surface area contributed by atoms with Gasteiger partial charge in [-0.3, -0.25) is 10.1 Å². The lowest BCUT2D eigenvalue weighted by Gasteiger charge is -2.14. The topological polar surface area (TPSA) is 55.2 Å².